The predicted octanol–water partition coefficient (Wildman–Crippen LogP) is 1.24. The molecule has 2 aliphatic rings. The summed E-state index contributed by atoms with van der Waals surface area (Å²) in [5.74, 6) is 0.747. The van der Waals surface area contributed by atoms with Gasteiger partial charge >= 0.3 is 5.97 Å². The van der Waals surface area contributed by atoms with Crippen molar-refractivity contribution in [2.75, 3.05) is 13.1 Å². The van der Waals surface area contributed by atoms with E-state index in [1.807, 2.05) is 0 Å². The minimum Gasteiger partial charge on any atom is -0.593 e. The molecule has 4 rings (SSSR count). The van der Waals surface area contributed by atoms with Gasteiger partial charge in [0.15, 0.2) is 16.2 Å². The third-order valence-corrected chi connectivity index (χ3v) is 7.56. The number of fused-ring (bicyclic) bond motifs is 1. The molecule has 27 heavy (non-hydrogen) atoms. The number of sulfonamides is 1. The lowest BCUT2D eigenvalue weighted by molar-refractivity contribution is -0.140. The number of carbonyl (C=O) groups is 1. The number of carboxylic acids is 1. The van der Waals surface area contributed by atoms with Crippen LogP contribution in [0.5, 0.6) is 0 Å². The minimum atomic E-state index is -3.67. The van der Waals surface area contributed by atoms with Gasteiger partial charge in [-0.3, -0.25) is 0 Å². The van der Waals surface area contributed by atoms with Crippen molar-refractivity contribution in [2.24, 2.45) is 0 Å². The van der Waals surface area contributed by atoms with E-state index in [0.29, 0.717) is 56.1 Å². The first kappa shape index (κ1) is 18.3. The number of carboxylic acid groups (broad SMARTS) is 1. The Morgan fingerprint density at radius 2 is 1.96 bits per heavy atom. The topological polar surface area (TPSA) is 137 Å². The molecule has 11 heteroatoms. The van der Waals surface area contributed by atoms with Crippen LogP contribution in [0.25, 0.3) is 0 Å². The summed E-state index contributed by atoms with van der Waals surface area (Å²) in [6.45, 7) is 3.86. The first-order chi connectivity index (χ1) is 12.8. The molecule has 2 unspecified atom stereocenters. The van der Waals surface area contributed by atoms with E-state index in [9.17, 15) is 18.7 Å². The Morgan fingerprint density at radius 3 is 2.56 bits per heavy atom. The molecule has 1 N–H and O–H groups in total. The van der Waals surface area contributed by atoms with Gasteiger partial charge in [0.05, 0.1) is 0 Å². The van der Waals surface area contributed by atoms with Crippen molar-refractivity contribution in [3.05, 3.63) is 23.1 Å². The Kier molecular flexibility index (Phi) is 4.40. The zero-order valence-corrected chi connectivity index (χ0v) is 15.9. The molecule has 2 aliphatic heterocycles. The van der Waals surface area contributed by atoms with Crippen LogP contribution >= 0.6 is 0 Å². The SMILES string of the molecule is Cc1noc(C)c1[S+](=O)([O-])N1CCC(c2nnc3n2C(C(=O)O)CC3)CC1. The number of nitrogens with zero attached hydrogens (tertiary/aromatic N) is 5. The zero-order valence-electron chi connectivity index (χ0n) is 15.1. The van der Waals surface area contributed by atoms with Crippen LogP contribution in [0.15, 0.2) is 9.42 Å². The fourth-order valence-electron chi connectivity index (χ4n) is 4.08. The van der Waals surface area contributed by atoms with Gasteiger partial charge in [0, 0.05) is 32.4 Å². The van der Waals surface area contributed by atoms with E-state index in [0.717, 1.165) is 0 Å². The minimum absolute atomic E-state index is 0.0117. The van der Waals surface area contributed by atoms with Gasteiger partial charge in [0.2, 0.25) is 4.90 Å². The van der Waals surface area contributed by atoms with Gasteiger partial charge in [-0.1, -0.05) is 9.37 Å². The summed E-state index contributed by atoms with van der Waals surface area (Å²) in [4.78, 5) is 11.6. The molecule has 2 aromatic heterocycles. The zero-order chi connectivity index (χ0) is 19.3. The van der Waals surface area contributed by atoms with Crippen molar-refractivity contribution in [3.8, 4) is 0 Å². The van der Waals surface area contributed by atoms with Crippen molar-refractivity contribution in [2.45, 2.75) is 56.4 Å². The largest absolute Gasteiger partial charge is 0.593 e. The highest BCUT2D eigenvalue weighted by atomic mass is 32.3. The second kappa shape index (κ2) is 6.50. The summed E-state index contributed by atoms with van der Waals surface area (Å²) >= 11 is 0. The van der Waals surface area contributed by atoms with Crippen molar-refractivity contribution < 1.29 is 23.2 Å². The molecule has 0 aromatic carbocycles. The van der Waals surface area contributed by atoms with Crippen molar-refractivity contribution in [3.63, 3.8) is 0 Å². The number of hydrogen-bond acceptors (Lipinski definition) is 7. The highest BCUT2D eigenvalue weighted by Gasteiger charge is 2.41. The lowest BCUT2D eigenvalue weighted by atomic mass is 9.97. The predicted molar refractivity (Wildman–Crippen MR) is 91.6 cm³/mol. The van der Waals surface area contributed by atoms with Crippen LogP contribution in [0.3, 0.4) is 0 Å². The van der Waals surface area contributed by atoms with E-state index in [1.54, 1.807) is 18.4 Å². The molecular weight excluding hydrogens is 374 g/mol. The maximum Gasteiger partial charge on any atom is 0.326 e. The molecule has 0 aliphatic carbocycles. The second-order valence-electron chi connectivity index (χ2n) is 7.07. The summed E-state index contributed by atoms with van der Waals surface area (Å²) in [7, 11) is -3.67. The molecule has 10 nitrogen and oxygen atoms in total. The summed E-state index contributed by atoms with van der Waals surface area (Å²) < 4.78 is 34.0. The van der Waals surface area contributed by atoms with E-state index in [-0.39, 0.29) is 16.6 Å². The first-order valence-electron chi connectivity index (χ1n) is 8.90. The summed E-state index contributed by atoms with van der Waals surface area (Å²) in [6.07, 6.45) is 2.25. The summed E-state index contributed by atoms with van der Waals surface area (Å²) in [6, 6.07) is -0.630. The Bertz CT molecular complexity index is 910. The number of aliphatic carboxylic acids is 1. The number of rotatable bonds is 4. The van der Waals surface area contributed by atoms with Gasteiger partial charge in [-0.15, -0.1) is 14.5 Å². The third kappa shape index (κ3) is 2.89. The maximum atomic E-state index is 12.9. The Hall–Kier alpha value is -2.11. The van der Waals surface area contributed by atoms with Crippen molar-refractivity contribution in [1.82, 2.24) is 24.2 Å². The molecule has 1 fully saturated rings. The van der Waals surface area contributed by atoms with Crippen LogP contribution in [0.4, 0.5) is 0 Å². The quantitative estimate of drug-likeness (QED) is 0.763. The fraction of sp³-hybridized carbons (Fsp3) is 0.625. The first-order valence-corrected chi connectivity index (χ1v) is 10.3. The molecule has 0 saturated carbocycles. The van der Waals surface area contributed by atoms with E-state index in [1.165, 1.54) is 4.31 Å². The smallest absolute Gasteiger partial charge is 0.326 e. The standard InChI is InChI=1S/C16H21N5O5S/c1-9-14(10(2)26-19-9)27(24,25)20-7-5-11(6-8-20)15-18-17-13-4-3-12(16(22)23)21(13)15/h11-12H,3-8H2,1-2H3,(H-,22,23,24,25). The molecule has 0 radical (unpaired) electrons. The highest BCUT2D eigenvalue weighted by molar-refractivity contribution is 7.95. The number of piperidine rings is 1. The van der Waals surface area contributed by atoms with Gasteiger partial charge in [-0.25, -0.2) is 4.79 Å². The monoisotopic (exact) mass is 395 g/mol. The van der Waals surface area contributed by atoms with Crippen LogP contribution < -0.4 is 0 Å². The number of aromatic nitrogens is 4. The molecule has 0 amide bonds. The van der Waals surface area contributed by atoms with Gasteiger partial charge in [-0.2, -0.15) is 0 Å². The number of hydrogen-bond donors (Lipinski definition) is 1. The molecule has 146 valence electrons. The van der Waals surface area contributed by atoms with Gasteiger partial charge in [0.1, 0.15) is 23.4 Å². The van der Waals surface area contributed by atoms with E-state index in [4.69, 9.17) is 4.52 Å². The molecule has 2 aromatic rings. The Morgan fingerprint density at radius 1 is 1.26 bits per heavy atom. The third-order valence-electron chi connectivity index (χ3n) is 5.42. The molecule has 0 spiro atoms. The highest BCUT2D eigenvalue weighted by Crippen LogP contribution is 2.37. The van der Waals surface area contributed by atoms with E-state index >= 15 is 0 Å². The van der Waals surface area contributed by atoms with Crippen LogP contribution in [0, 0.1) is 13.8 Å². The van der Waals surface area contributed by atoms with Crippen LogP contribution in [0.1, 0.15) is 54.3 Å². The molecule has 4 heterocycles. The lowest BCUT2D eigenvalue weighted by Crippen LogP contribution is -2.42. The molecule has 0 bridgehead atoms. The summed E-state index contributed by atoms with van der Waals surface area (Å²) in [5, 5.41) is 21.5. The van der Waals surface area contributed by atoms with Crippen molar-refractivity contribution >= 4 is 16.4 Å². The van der Waals surface area contributed by atoms with Crippen LogP contribution in [0.2, 0.25) is 0 Å². The molecule has 2 atom stereocenters. The summed E-state index contributed by atoms with van der Waals surface area (Å²) in [5.41, 5.74) is 0.356. The Labute approximate surface area is 156 Å². The van der Waals surface area contributed by atoms with Gasteiger partial charge in [-0.05, 0) is 26.2 Å². The Balaban J connectivity index is 1.53. The van der Waals surface area contributed by atoms with E-state index < -0.39 is 22.4 Å². The lowest BCUT2D eigenvalue weighted by Gasteiger charge is -2.33. The average Bonchev–Trinajstić information content (AvgIpc) is 3.30. The van der Waals surface area contributed by atoms with E-state index in [2.05, 4.69) is 15.4 Å². The number of aryl methyl sites for hydroxylation is 3. The molecular formula is C16H21N5O5S. The average molecular weight is 395 g/mol. The normalized spacial score (nSPS) is 23.3. The fourth-order valence-corrected chi connectivity index (χ4v) is 5.84. The van der Waals surface area contributed by atoms with Gasteiger partial charge < -0.3 is 18.7 Å². The molecule has 1 saturated heterocycles. The maximum absolute atomic E-state index is 12.9. The van der Waals surface area contributed by atoms with Crippen molar-refractivity contribution in [1.29, 1.82) is 0 Å². The second-order valence-corrected chi connectivity index (χ2v) is 8.94. The van der Waals surface area contributed by atoms with Crippen LogP contribution in [-0.4, -0.2) is 52.9 Å². The van der Waals surface area contributed by atoms with Crippen LogP contribution in [-0.2, 0) is 25.8 Å². The van der Waals surface area contributed by atoms with Gasteiger partial charge in [0.25, 0.3) is 0 Å².